The fraction of sp³-hybridized carbons (Fsp3) is 0.118. The summed E-state index contributed by atoms with van der Waals surface area (Å²) < 4.78 is 65.1. The highest BCUT2D eigenvalue weighted by Gasteiger charge is 2.43. The van der Waals surface area contributed by atoms with Gasteiger partial charge in [0.2, 0.25) is 0 Å². The van der Waals surface area contributed by atoms with E-state index in [9.17, 15) is 22.0 Å². The minimum atomic E-state index is -4.29. The molecule has 130 valence electrons. The van der Waals surface area contributed by atoms with Crippen molar-refractivity contribution in [3.63, 3.8) is 0 Å². The third-order valence-corrected chi connectivity index (χ3v) is 4.17. The summed E-state index contributed by atoms with van der Waals surface area (Å²) in [7, 11) is 0. The van der Waals surface area contributed by atoms with Crippen molar-refractivity contribution in [1.82, 2.24) is 9.97 Å². The van der Waals surface area contributed by atoms with Gasteiger partial charge in [-0.2, -0.15) is 8.78 Å². The van der Waals surface area contributed by atoms with Gasteiger partial charge in [0.1, 0.15) is 5.82 Å². The van der Waals surface area contributed by atoms with Crippen LogP contribution in [0.15, 0.2) is 59.8 Å². The molecule has 25 heavy (non-hydrogen) atoms. The van der Waals surface area contributed by atoms with E-state index in [0.717, 1.165) is 0 Å². The Morgan fingerprint density at radius 3 is 2.28 bits per heavy atom. The summed E-state index contributed by atoms with van der Waals surface area (Å²) in [5, 5.41) is -4.66. The SMILES string of the molecule is Fc1cccc(-c2nc(SC(F)(F)C(F)F)[nH]c2-c2ccccc2)c1. The molecule has 0 radical (unpaired) electrons. The van der Waals surface area contributed by atoms with Gasteiger partial charge in [0.05, 0.1) is 11.4 Å². The minimum Gasteiger partial charge on any atom is -0.332 e. The van der Waals surface area contributed by atoms with Crippen molar-refractivity contribution in [3.05, 3.63) is 60.4 Å². The molecule has 1 aromatic heterocycles. The molecule has 0 unspecified atom stereocenters. The van der Waals surface area contributed by atoms with Crippen LogP contribution in [0.1, 0.15) is 0 Å². The molecule has 0 aliphatic heterocycles. The first-order valence-corrected chi connectivity index (χ1v) is 7.95. The number of hydrogen-bond donors (Lipinski definition) is 1. The highest BCUT2D eigenvalue weighted by molar-refractivity contribution is 8.00. The average Bonchev–Trinajstić information content (AvgIpc) is 2.98. The Labute approximate surface area is 144 Å². The second-order valence-electron chi connectivity index (χ2n) is 5.11. The van der Waals surface area contributed by atoms with Crippen LogP contribution in [-0.4, -0.2) is 21.6 Å². The molecule has 0 aliphatic carbocycles. The zero-order chi connectivity index (χ0) is 18.0. The molecule has 8 heteroatoms. The van der Waals surface area contributed by atoms with Crippen LogP contribution in [0, 0.1) is 5.82 Å². The van der Waals surface area contributed by atoms with Gasteiger partial charge in [-0.1, -0.05) is 42.5 Å². The summed E-state index contributed by atoms with van der Waals surface area (Å²) in [6.07, 6.45) is -3.83. The summed E-state index contributed by atoms with van der Waals surface area (Å²) in [4.78, 5) is 6.64. The number of imidazole rings is 1. The zero-order valence-corrected chi connectivity index (χ0v) is 13.3. The third-order valence-electron chi connectivity index (χ3n) is 3.33. The lowest BCUT2D eigenvalue weighted by molar-refractivity contribution is -0.0565. The Morgan fingerprint density at radius 2 is 1.64 bits per heavy atom. The second kappa shape index (κ2) is 6.87. The first kappa shape index (κ1) is 17.5. The number of nitrogens with one attached hydrogen (secondary N) is 1. The zero-order valence-electron chi connectivity index (χ0n) is 12.5. The maximum absolute atomic E-state index is 13.5. The Hall–Kier alpha value is -2.35. The molecule has 0 amide bonds. The molecule has 3 rings (SSSR count). The first-order chi connectivity index (χ1) is 11.9. The third kappa shape index (κ3) is 3.84. The topological polar surface area (TPSA) is 28.7 Å². The molecule has 0 aliphatic rings. The summed E-state index contributed by atoms with van der Waals surface area (Å²) in [6, 6.07) is 14.1. The molecule has 1 N–H and O–H groups in total. The van der Waals surface area contributed by atoms with E-state index in [1.54, 1.807) is 36.4 Å². The molecule has 2 nitrogen and oxygen atoms in total. The van der Waals surface area contributed by atoms with Crippen LogP contribution in [0.2, 0.25) is 0 Å². The van der Waals surface area contributed by atoms with Gasteiger partial charge in [0, 0.05) is 11.1 Å². The molecular weight excluding hydrogens is 359 g/mol. The first-order valence-electron chi connectivity index (χ1n) is 7.13. The largest absolute Gasteiger partial charge is 0.360 e. The van der Waals surface area contributed by atoms with Gasteiger partial charge in [-0.3, -0.25) is 0 Å². The molecule has 3 aromatic rings. The highest BCUT2D eigenvalue weighted by Crippen LogP contribution is 2.41. The molecule has 0 saturated carbocycles. The number of aromatic nitrogens is 2. The predicted molar refractivity (Wildman–Crippen MR) is 86.2 cm³/mol. The number of benzene rings is 2. The predicted octanol–water partition coefficient (Wildman–Crippen LogP) is 5.83. The molecule has 0 bridgehead atoms. The van der Waals surface area contributed by atoms with E-state index in [4.69, 9.17) is 0 Å². The van der Waals surface area contributed by atoms with E-state index in [1.807, 2.05) is 0 Å². The maximum Gasteiger partial charge on any atom is 0.360 e. The van der Waals surface area contributed by atoms with E-state index in [1.165, 1.54) is 18.2 Å². The Bertz CT molecular complexity index is 864. The van der Waals surface area contributed by atoms with Crippen molar-refractivity contribution >= 4 is 11.8 Å². The van der Waals surface area contributed by atoms with Crippen LogP contribution in [-0.2, 0) is 0 Å². The van der Waals surface area contributed by atoms with Gasteiger partial charge in [0.25, 0.3) is 0 Å². The number of hydrogen-bond acceptors (Lipinski definition) is 2. The van der Waals surface area contributed by atoms with E-state index in [-0.39, 0.29) is 22.6 Å². The summed E-state index contributed by atoms with van der Waals surface area (Å²) in [6.45, 7) is 0. The number of aromatic amines is 1. The average molecular weight is 370 g/mol. The van der Waals surface area contributed by atoms with Crippen molar-refractivity contribution in [2.24, 2.45) is 0 Å². The van der Waals surface area contributed by atoms with Crippen molar-refractivity contribution in [3.8, 4) is 22.5 Å². The number of halogens is 5. The van der Waals surface area contributed by atoms with Crippen molar-refractivity contribution < 1.29 is 22.0 Å². The van der Waals surface area contributed by atoms with Crippen LogP contribution in [0.5, 0.6) is 0 Å². The van der Waals surface area contributed by atoms with Gasteiger partial charge >= 0.3 is 11.7 Å². The van der Waals surface area contributed by atoms with Crippen molar-refractivity contribution in [2.45, 2.75) is 16.8 Å². The van der Waals surface area contributed by atoms with Gasteiger partial charge in [-0.15, -0.1) is 0 Å². The summed E-state index contributed by atoms with van der Waals surface area (Å²) in [5.74, 6) is -0.522. The van der Waals surface area contributed by atoms with Crippen LogP contribution >= 0.6 is 11.8 Å². The molecule has 1 heterocycles. The van der Waals surface area contributed by atoms with Crippen molar-refractivity contribution in [2.75, 3.05) is 0 Å². The lowest BCUT2D eigenvalue weighted by Crippen LogP contribution is -2.21. The Morgan fingerprint density at radius 1 is 0.960 bits per heavy atom. The fourth-order valence-corrected chi connectivity index (χ4v) is 2.87. The van der Waals surface area contributed by atoms with Crippen LogP contribution in [0.4, 0.5) is 22.0 Å². The van der Waals surface area contributed by atoms with Gasteiger partial charge in [0.15, 0.2) is 5.16 Å². The number of nitrogens with zero attached hydrogens (tertiary/aromatic N) is 1. The minimum absolute atomic E-state index is 0.207. The monoisotopic (exact) mass is 370 g/mol. The van der Waals surface area contributed by atoms with E-state index in [2.05, 4.69) is 9.97 Å². The fourth-order valence-electron chi connectivity index (χ4n) is 2.23. The van der Waals surface area contributed by atoms with Gasteiger partial charge in [-0.25, -0.2) is 18.2 Å². The van der Waals surface area contributed by atoms with Crippen LogP contribution in [0.3, 0.4) is 0 Å². The lowest BCUT2D eigenvalue weighted by Gasteiger charge is -2.11. The van der Waals surface area contributed by atoms with Crippen LogP contribution in [0.25, 0.3) is 22.5 Å². The molecule has 2 aromatic carbocycles. The van der Waals surface area contributed by atoms with E-state index < -0.39 is 17.5 Å². The maximum atomic E-state index is 13.5. The van der Waals surface area contributed by atoms with E-state index in [0.29, 0.717) is 16.8 Å². The summed E-state index contributed by atoms with van der Waals surface area (Å²) >= 11 is -0.361. The number of alkyl halides is 4. The number of thioether (sulfide) groups is 1. The molecule has 0 atom stereocenters. The molecule has 0 spiro atoms. The standard InChI is InChI=1S/C17H11F5N2S/c18-12-8-4-7-11(9-12)14-13(10-5-2-1-3-6-10)23-16(24-14)25-17(21,22)15(19)20/h1-9,15H,(H,23,24). The molecular formula is C17H11F5N2S. The highest BCUT2D eigenvalue weighted by atomic mass is 32.2. The summed E-state index contributed by atoms with van der Waals surface area (Å²) in [5.41, 5.74) is 1.51. The smallest absolute Gasteiger partial charge is 0.332 e. The normalized spacial score (nSPS) is 11.9. The lowest BCUT2D eigenvalue weighted by atomic mass is 10.1. The molecule has 0 saturated heterocycles. The molecule has 0 fully saturated rings. The van der Waals surface area contributed by atoms with Gasteiger partial charge < -0.3 is 4.98 Å². The second-order valence-corrected chi connectivity index (χ2v) is 6.24. The van der Waals surface area contributed by atoms with Gasteiger partial charge in [-0.05, 0) is 23.9 Å². The number of H-pyrrole nitrogens is 1. The Balaban J connectivity index is 2.09. The Kier molecular flexibility index (Phi) is 4.80. The number of rotatable bonds is 5. The quantitative estimate of drug-likeness (QED) is 0.452. The van der Waals surface area contributed by atoms with Crippen LogP contribution < -0.4 is 0 Å². The van der Waals surface area contributed by atoms with E-state index >= 15 is 0 Å². The van der Waals surface area contributed by atoms with Crippen molar-refractivity contribution in [1.29, 1.82) is 0 Å².